The van der Waals surface area contributed by atoms with Gasteiger partial charge in [0.05, 0.1) is 21.3 Å². The molecule has 0 amide bonds. The Hall–Kier alpha value is -2.49. The number of benzene rings is 2. The van der Waals surface area contributed by atoms with Crippen LogP contribution >= 0.6 is 0 Å². The number of rotatable bonds is 5. The average molecular weight is 286 g/mol. The molecule has 0 fully saturated rings. The molecule has 0 spiro atoms. The molecule has 0 atom stereocenters. The predicted molar refractivity (Wildman–Crippen MR) is 80.7 cm³/mol. The molecule has 0 saturated carbocycles. The molecule has 4 nitrogen and oxygen atoms in total. The lowest BCUT2D eigenvalue weighted by molar-refractivity contribution is 0.103. The van der Waals surface area contributed by atoms with Crippen molar-refractivity contribution in [3.8, 4) is 17.2 Å². The van der Waals surface area contributed by atoms with Gasteiger partial charge in [-0.2, -0.15) is 0 Å². The van der Waals surface area contributed by atoms with Crippen LogP contribution in [0.25, 0.3) is 0 Å². The van der Waals surface area contributed by atoms with Crippen LogP contribution in [0, 0.1) is 6.92 Å². The second-order valence-electron chi connectivity index (χ2n) is 4.58. The van der Waals surface area contributed by atoms with Crippen LogP contribution < -0.4 is 14.2 Å². The zero-order valence-electron chi connectivity index (χ0n) is 12.6. The van der Waals surface area contributed by atoms with Gasteiger partial charge in [0.1, 0.15) is 5.75 Å². The Morgan fingerprint density at radius 1 is 0.857 bits per heavy atom. The third-order valence-corrected chi connectivity index (χ3v) is 3.33. The molecule has 4 heteroatoms. The third kappa shape index (κ3) is 2.99. The van der Waals surface area contributed by atoms with Gasteiger partial charge in [-0.1, -0.05) is 0 Å². The minimum atomic E-state index is -0.0592. The third-order valence-electron chi connectivity index (χ3n) is 3.33. The molecule has 110 valence electrons. The predicted octanol–water partition coefficient (Wildman–Crippen LogP) is 3.25. The van der Waals surface area contributed by atoms with Crippen LogP contribution in [0.4, 0.5) is 0 Å². The highest BCUT2D eigenvalue weighted by molar-refractivity contribution is 6.10. The summed E-state index contributed by atoms with van der Waals surface area (Å²) in [6.07, 6.45) is 0. The molecule has 0 radical (unpaired) electrons. The fourth-order valence-electron chi connectivity index (χ4n) is 2.12. The topological polar surface area (TPSA) is 44.8 Å². The molecule has 0 aliphatic rings. The maximum Gasteiger partial charge on any atom is 0.193 e. The standard InChI is InChI=1S/C17H18O4/c1-11-9-15(20-3)16(21-4)10-14(11)17(18)12-5-7-13(19-2)8-6-12/h5-10H,1-4H3. The Bertz CT molecular complexity index is 645. The van der Waals surface area contributed by atoms with Crippen molar-refractivity contribution in [2.45, 2.75) is 6.92 Å². The first-order chi connectivity index (χ1) is 10.1. The van der Waals surface area contributed by atoms with Crippen molar-refractivity contribution >= 4 is 5.78 Å². The highest BCUT2D eigenvalue weighted by Crippen LogP contribution is 2.31. The molecule has 0 unspecified atom stereocenters. The average Bonchev–Trinajstić information content (AvgIpc) is 2.54. The van der Waals surface area contributed by atoms with Gasteiger partial charge in [-0.3, -0.25) is 4.79 Å². The van der Waals surface area contributed by atoms with Crippen LogP contribution in [0.3, 0.4) is 0 Å². The summed E-state index contributed by atoms with van der Waals surface area (Å²) in [5.41, 5.74) is 2.04. The van der Waals surface area contributed by atoms with Crippen molar-refractivity contribution in [3.63, 3.8) is 0 Å². The fourth-order valence-corrected chi connectivity index (χ4v) is 2.12. The maximum atomic E-state index is 12.6. The molecular weight excluding hydrogens is 268 g/mol. The van der Waals surface area contributed by atoms with Gasteiger partial charge in [0.15, 0.2) is 17.3 Å². The van der Waals surface area contributed by atoms with Gasteiger partial charge in [0.25, 0.3) is 0 Å². The number of ketones is 1. The molecule has 0 aliphatic heterocycles. The molecule has 0 heterocycles. The van der Waals surface area contributed by atoms with Crippen molar-refractivity contribution in [3.05, 3.63) is 53.1 Å². The van der Waals surface area contributed by atoms with Gasteiger partial charge in [-0.15, -0.1) is 0 Å². The summed E-state index contributed by atoms with van der Waals surface area (Å²) < 4.78 is 15.6. The molecule has 2 rings (SSSR count). The number of hydrogen-bond donors (Lipinski definition) is 0. The first kappa shape index (κ1) is 14.9. The highest BCUT2D eigenvalue weighted by atomic mass is 16.5. The van der Waals surface area contributed by atoms with E-state index in [2.05, 4.69) is 0 Å². The maximum absolute atomic E-state index is 12.6. The van der Waals surface area contributed by atoms with E-state index in [-0.39, 0.29) is 5.78 Å². The monoisotopic (exact) mass is 286 g/mol. The molecule has 0 bridgehead atoms. The van der Waals surface area contributed by atoms with Crippen LogP contribution in [-0.4, -0.2) is 27.1 Å². The van der Waals surface area contributed by atoms with E-state index < -0.39 is 0 Å². The van der Waals surface area contributed by atoms with E-state index in [1.807, 2.05) is 6.92 Å². The minimum absolute atomic E-state index is 0.0592. The molecular formula is C17H18O4. The highest BCUT2D eigenvalue weighted by Gasteiger charge is 2.16. The SMILES string of the molecule is COc1ccc(C(=O)c2cc(OC)c(OC)cc2C)cc1. The first-order valence-electron chi connectivity index (χ1n) is 6.52. The number of ether oxygens (including phenoxy) is 3. The Balaban J connectivity index is 2.42. The van der Waals surface area contributed by atoms with Gasteiger partial charge >= 0.3 is 0 Å². The smallest absolute Gasteiger partial charge is 0.193 e. The van der Waals surface area contributed by atoms with Gasteiger partial charge < -0.3 is 14.2 Å². The van der Waals surface area contributed by atoms with Crippen molar-refractivity contribution < 1.29 is 19.0 Å². The van der Waals surface area contributed by atoms with Crippen LogP contribution in [-0.2, 0) is 0 Å². The number of methoxy groups -OCH3 is 3. The zero-order chi connectivity index (χ0) is 15.4. The van der Waals surface area contributed by atoms with Gasteiger partial charge in [-0.05, 0) is 48.9 Å². The number of carbonyl (C=O) groups excluding carboxylic acids is 1. The van der Waals surface area contributed by atoms with E-state index in [4.69, 9.17) is 14.2 Å². The van der Waals surface area contributed by atoms with Crippen molar-refractivity contribution in [1.82, 2.24) is 0 Å². The molecule has 2 aromatic carbocycles. The molecule has 0 N–H and O–H groups in total. The van der Waals surface area contributed by atoms with Crippen molar-refractivity contribution in [2.75, 3.05) is 21.3 Å². The normalized spacial score (nSPS) is 10.1. The largest absolute Gasteiger partial charge is 0.497 e. The van der Waals surface area contributed by atoms with Crippen LogP contribution in [0.15, 0.2) is 36.4 Å². The minimum Gasteiger partial charge on any atom is -0.497 e. The van der Waals surface area contributed by atoms with E-state index in [1.54, 1.807) is 57.7 Å². The summed E-state index contributed by atoms with van der Waals surface area (Å²) in [6.45, 7) is 1.87. The molecule has 21 heavy (non-hydrogen) atoms. The molecule has 0 saturated heterocycles. The van der Waals surface area contributed by atoms with E-state index in [0.29, 0.717) is 22.6 Å². The van der Waals surface area contributed by atoms with Gasteiger partial charge in [-0.25, -0.2) is 0 Å². The lowest BCUT2D eigenvalue weighted by Crippen LogP contribution is -2.05. The number of aryl methyl sites for hydroxylation is 1. The molecule has 0 aliphatic carbocycles. The summed E-state index contributed by atoms with van der Waals surface area (Å²) >= 11 is 0. The Morgan fingerprint density at radius 2 is 1.43 bits per heavy atom. The van der Waals surface area contributed by atoms with Gasteiger partial charge in [0.2, 0.25) is 0 Å². The first-order valence-corrected chi connectivity index (χ1v) is 6.52. The van der Waals surface area contributed by atoms with Crippen LogP contribution in [0.2, 0.25) is 0 Å². The Labute approximate surface area is 124 Å². The second-order valence-corrected chi connectivity index (χ2v) is 4.58. The van der Waals surface area contributed by atoms with Crippen LogP contribution in [0.1, 0.15) is 21.5 Å². The van der Waals surface area contributed by atoms with Gasteiger partial charge in [0, 0.05) is 11.1 Å². The second kappa shape index (κ2) is 6.31. The fraction of sp³-hybridized carbons (Fsp3) is 0.235. The molecule has 0 aromatic heterocycles. The Kier molecular flexibility index (Phi) is 4.48. The van der Waals surface area contributed by atoms with Crippen molar-refractivity contribution in [1.29, 1.82) is 0 Å². The van der Waals surface area contributed by atoms with E-state index >= 15 is 0 Å². The summed E-state index contributed by atoms with van der Waals surface area (Å²) in [5, 5.41) is 0. The van der Waals surface area contributed by atoms with Crippen LogP contribution in [0.5, 0.6) is 17.2 Å². The molecule has 2 aromatic rings. The summed E-state index contributed by atoms with van der Waals surface area (Å²) in [7, 11) is 4.71. The van der Waals surface area contributed by atoms with E-state index in [1.165, 1.54) is 0 Å². The Morgan fingerprint density at radius 3 is 1.95 bits per heavy atom. The summed E-state index contributed by atoms with van der Waals surface area (Å²) in [4.78, 5) is 12.6. The summed E-state index contributed by atoms with van der Waals surface area (Å²) in [6, 6.07) is 10.5. The summed E-state index contributed by atoms with van der Waals surface area (Å²) in [5.74, 6) is 1.81. The number of hydrogen-bond acceptors (Lipinski definition) is 4. The lowest BCUT2D eigenvalue weighted by atomic mass is 9.98. The lowest BCUT2D eigenvalue weighted by Gasteiger charge is -2.12. The van der Waals surface area contributed by atoms with Crippen molar-refractivity contribution in [2.24, 2.45) is 0 Å². The van der Waals surface area contributed by atoms with E-state index in [9.17, 15) is 4.79 Å². The van der Waals surface area contributed by atoms with E-state index in [0.717, 1.165) is 11.3 Å². The zero-order valence-corrected chi connectivity index (χ0v) is 12.6. The quantitative estimate of drug-likeness (QED) is 0.791. The number of carbonyl (C=O) groups is 1.